The molecule has 0 fully saturated rings. The molecule has 0 amide bonds. The van der Waals surface area contributed by atoms with E-state index in [1.807, 2.05) is 46.9 Å². The monoisotopic (exact) mass is 598 g/mol. The van der Waals surface area contributed by atoms with Crippen molar-refractivity contribution in [2.45, 2.75) is 0 Å². The highest BCUT2D eigenvalue weighted by Gasteiger charge is 2.24. The number of para-hydroxylation sites is 2. The summed E-state index contributed by atoms with van der Waals surface area (Å²) in [4.78, 5) is 2.56. The van der Waals surface area contributed by atoms with Gasteiger partial charge < -0.3 is 8.83 Å². The lowest BCUT2D eigenvalue weighted by Gasteiger charge is -2.08. The molecule has 2 nitrogen and oxygen atoms in total. The van der Waals surface area contributed by atoms with E-state index in [0.29, 0.717) is 0 Å². The van der Waals surface area contributed by atoms with E-state index in [4.69, 9.17) is 8.83 Å². The van der Waals surface area contributed by atoms with Gasteiger partial charge in [0, 0.05) is 52.8 Å². The number of rotatable bonds is 3. The van der Waals surface area contributed by atoms with Crippen molar-refractivity contribution in [1.29, 1.82) is 0 Å². The molecule has 0 aliphatic heterocycles. The Hall–Kier alpha value is -5.16. The zero-order valence-electron chi connectivity index (χ0n) is 23.3. The third-order valence-corrected chi connectivity index (χ3v) is 11.2. The van der Waals surface area contributed by atoms with Crippen molar-refractivity contribution >= 4 is 86.7 Å². The van der Waals surface area contributed by atoms with Gasteiger partial charge in [0.25, 0.3) is 0 Å². The molecule has 4 heterocycles. The molecule has 0 aliphatic carbocycles. The van der Waals surface area contributed by atoms with Gasteiger partial charge in [0.2, 0.25) is 0 Å². The second-order valence-corrected chi connectivity index (χ2v) is 13.3. The predicted octanol–water partition coefficient (Wildman–Crippen LogP) is 12.9. The summed E-state index contributed by atoms with van der Waals surface area (Å²) in [5.74, 6) is 0. The van der Waals surface area contributed by atoms with E-state index in [1.54, 1.807) is 0 Å². The molecule has 0 N–H and O–H groups in total. The van der Waals surface area contributed by atoms with Gasteiger partial charge in [-0.25, -0.2) is 0 Å². The average Bonchev–Trinajstić information content (AvgIpc) is 3.83. The molecule has 0 spiro atoms. The van der Waals surface area contributed by atoms with Gasteiger partial charge >= 0.3 is 0 Å². The summed E-state index contributed by atoms with van der Waals surface area (Å²) >= 11 is 3.74. The van der Waals surface area contributed by atoms with Gasteiger partial charge in [-0.2, -0.15) is 0 Å². The Bertz CT molecular complexity index is 2540. The number of benzene rings is 6. The highest BCUT2D eigenvalue weighted by atomic mass is 32.1. The van der Waals surface area contributed by atoms with Crippen molar-refractivity contribution in [2.75, 3.05) is 0 Å². The first kappa shape index (κ1) is 24.3. The van der Waals surface area contributed by atoms with Gasteiger partial charge in [-0.05, 0) is 59.7 Å². The standard InChI is InChI=1S/C40H22O2S2/c1-5-13-31-25(9-1)27-19-17-23(21-33(27)41-31)37-29-11-3-7-15-35(29)43-39(37)40-38(30-12-4-8-16-36(30)44-40)24-18-20-28-26-10-2-6-14-32(26)42-34(28)22-24/h1-22H. The summed E-state index contributed by atoms with van der Waals surface area (Å²) < 4.78 is 15.3. The number of fused-ring (bicyclic) bond motifs is 8. The minimum Gasteiger partial charge on any atom is -0.456 e. The fourth-order valence-electron chi connectivity index (χ4n) is 6.75. The Balaban J connectivity index is 1.26. The highest BCUT2D eigenvalue weighted by molar-refractivity contribution is 7.29. The van der Waals surface area contributed by atoms with Crippen LogP contribution in [0.2, 0.25) is 0 Å². The Labute approximate surface area is 260 Å². The minimum absolute atomic E-state index is 0.914. The molecule has 0 bridgehead atoms. The van der Waals surface area contributed by atoms with Crippen LogP contribution in [-0.4, -0.2) is 0 Å². The molecule has 10 aromatic rings. The number of thiophene rings is 2. The fourth-order valence-corrected chi connectivity index (χ4v) is 9.34. The SMILES string of the molecule is c1ccc2c(c1)oc1cc(-c3c(-c4sc5ccccc5c4-c4ccc5c(c4)oc4ccccc45)sc4ccccc34)ccc12. The molecule has 4 aromatic heterocycles. The third-order valence-electron chi connectivity index (χ3n) is 8.73. The Morgan fingerprint density at radius 1 is 0.341 bits per heavy atom. The van der Waals surface area contributed by atoms with E-state index in [0.717, 1.165) is 43.9 Å². The first-order valence-electron chi connectivity index (χ1n) is 14.7. The molecular weight excluding hydrogens is 577 g/mol. The second-order valence-electron chi connectivity index (χ2n) is 11.2. The van der Waals surface area contributed by atoms with E-state index in [-0.39, 0.29) is 0 Å². The Morgan fingerprint density at radius 2 is 0.727 bits per heavy atom. The van der Waals surface area contributed by atoms with Crippen LogP contribution in [0.5, 0.6) is 0 Å². The fraction of sp³-hybridized carbons (Fsp3) is 0. The topological polar surface area (TPSA) is 26.3 Å². The summed E-state index contributed by atoms with van der Waals surface area (Å²) in [5.41, 5.74) is 8.51. The Kier molecular flexibility index (Phi) is 5.06. The number of hydrogen-bond donors (Lipinski definition) is 0. The lowest BCUT2D eigenvalue weighted by atomic mass is 9.96. The summed E-state index contributed by atoms with van der Waals surface area (Å²) in [6.45, 7) is 0. The van der Waals surface area contributed by atoms with E-state index >= 15 is 0 Å². The maximum atomic E-state index is 6.35. The van der Waals surface area contributed by atoms with E-state index < -0.39 is 0 Å². The minimum atomic E-state index is 0.914. The second kappa shape index (κ2) is 9.17. The number of furan rings is 2. The third kappa shape index (κ3) is 3.47. The van der Waals surface area contributed by atoms with Crippen LogP contribution in [0.25, 0.3) is 96.1 Å². The maximum absolute atomic E-state index is 6.35. The molecule has 0 unspecified atom stereocenters. The summed E-state index contributed by atoms with van der Waals surface area (Å²) in [7, 11) is 0. The molecule has 0 aliphatic rings. The van der Waals surface area contributed by atoms with Crippen LogP contribution in [0, 0.1) is 0 Å². The van der Waals surface area contributed by atoms with Crippen LogP contribution in [0.15, 0.2) is 142 Å². The molecule has 0 saturated carbocycles. The van der Waals surface area contributed by atoms with Crippen molar-refractivity contribution in [2.24, 2.45) is 0 Å². The van der Waals surface area contributed by atoms with Crippen LogP contribution in [-0.2, 0) is 0 Å². The van der Waals surface area contributed by atoms with Crippen molar-refractivity contribution in [3.05, 3.63) is 133 Å². The number of hydrogen-bond acceptors (Lipinski definition) is 4. The zero-order valence-corrected chi connectivity index (χ0v) is 25.0. The zero-order chi connectivity index (χ0) is 28.8. The van der Waals surface area contributed by atoms with Crippen molar-refractivity contribution in [3.8, 4) is 32.0 Å². The van der Waals surface area contributed by atoms with E-state index in [2.05, 4.69) is 109 Å². The molecule has 0 atom stereocenters. The van der Waals surface area contributed by atoms with Crippen molar-refractivity contribution in [3.63, 3.8) is 0 Å². The van der Waals surface area contributed by atoms with Gasteiger partial charge in [-0.1, -0.05) is 84.9 Å². The molecule has 6 aromatic carbocycles. The first-order chi connectivity index (χ1) is 21.8. The summed E-state index contributed by atoms with van der Waals surface area (Å²) in [5, 5.41) is 7.12. The quantitative estimate of drug-likeness (QED) is 0.202. The smallest absolute Gasteiger partial charge is 0.136 e. The molecule has 0 saturated heterocycles. The molecular formula is C40H22O2S2. The first-order valence-corrected chi connectivity index (χ1v) is 16.3. The lowest BCUT2D eigenvalue weighted by molar-refractivity contribution is 0.668. The van der Waals surface area contributed by atoms with Gasteiger partial charge in [0.05, 0.1) is 9.75 Å². The average molecular weight is 599 g/mol. The molecule has 10 rings (SSSR count). The summed E-state index contributed by atoms with van der Waals surface area (Å²) in [6, 6.07) is 47.5. The molecule has 4 heteroatoms. The van der Waals surface area contributed by atoms with Crippen molar-refractivity contribution in [1.82, 2.24) is 0 Å². The summed E-state index contributed by atoms with van der Waals surface area (Å²) in [6.07, 6.45) is 0. The van der Waals surface area contributed by atoms with E-state index in [9.17, 15) is 0 Å². The van der Waals surface area contributed by atoms with Crippen molar-refractivity contribution < 1.29 is 8.83 Å². The van der Waals surface area contributed by atoms with Gasteiger partial charge in [0.15, 0.2) is 0 Å². The Morgan fingerprint density at radius 3 is 1.20 bits per heavy atom. The normalized spacial score (nSPS) is 12.1. The van der Waals surface area contributed by atoms with Crippen LogP contribution in [0.1, 0.15) is 0 Å². The van der Waals surface area contributed by atoms with Gasteiger partial charge in [-0.15, -0.1) is 22.7 Å². The van der Waals surface area contributed by atoms with Crippen LogP contribution in [0.3, 0.4) is 0 Å². The predicted molar refractivity (Wildman–Crippen MR) is 188 cm³/mol. The van der Waals surface area contributed by atoms with Gasteiger partial charge in [0.1, 0.15) is 22.3 Å². The maximum Gasteiger partial charge on any atom is 0.136 e. The van der Waals surface area contributed by atoms with Crippen LogP contribution < -0.4 is 0 Å². The molecule has 44 heavy (non-hydrogen) atoms. The molecule has 0 radical (unpaired) electrons. The lowest BCUT2D eigenvalue weighted by Crippen LogP contribution is -1.83. The van der Waals surface area contributed by atoms with Crippen LogP contribution in [0.4, 0.5) is 0 Å². The molecule has 206 valence electrons. The largest absolute Gasteiger partial charge is 0.456 e. The van der Waals surface area contributed by atoms with E-state index in [1.165, 1.54) is 52.2 Å². The highest BCUT2D eigenvalue weighted by Crippen LogP contribution is 2.53. The van der Waals surface area contributed by atoms with Crippen LogP contribution >= 0.6 is 22.7 Å². The van der Waals surface area contributed by atoms with Gasteiger partial charge in [-0.3, -0.25) is 0 Å².